The lowest BCUT2D eigenvalue weighted by Gasteiger charge is -2.10. The Labute approximate surface area is 120 Å². The molecular formula is C12H11ClFN3O2S. The Balaban J connectivity index is 2.41. The van der Waals surface area contributed by atoms with Gasteiger partial charge in [0.25, 0.3) is 10.0 Å². The molecule has 0 unspecified atom stereocenters. The lowest BCUT2D eigenvalue weighted by atomic mass is 10.2. The van der Waals surface area contributed by atoms with E-state index in [1.54, 1.807) is 0 Å². The number of rotatable bonds is 3. The van der Waals surface area contributed by atoms with E-state index in [9.17, 15) is 12.8 Å². The zero-order valence-corrected chi connectivity index (χ0v) is 12.0. The van der Waals surface area contributed by atoms with Gasteiger partial charge in [-0.2, -0.15) is 0 Å². The summed E-state index contributed by atoms with van der Waals surface area (Å²) in [5.41, 5.74) is 5.34. The number of anilines is 2. The number of hydrogen-bond donors (Lipinski definition) is 2. The zero-order valence-electron chi connectivity index (χ0n) is 10.4. The van der Waals surface area contributed by atoms with Crippen molar-refractivity contribution >= 4 is 33.1 Å². The van der Waals surface area contributed by atoms with Crippen LogP contribution in [-0.4, -0.2) is 13.4 Å². The molecule has 5 nitrogen and oxygen atoms in total. The van der Waals surface area contributed by atoms with Crippen LogP contribution in [0.25, 0.3) is 0 Å². The molecule has 0 aliphatic heterocycles. The summed E-state index contributed by atoms with van der Waals surface area (Å²) in [6, 6.07) is 5.12. The number of nitrogen functional groups attached to an aromatic ring is 1. The number of nitrogens with zero attached hydrogens (tertiary/aromatic N) is 1. The topological polar surface area (TPSA) is 85.1 Å². The van der Waals surface area contributed by atoms with Crippen LogP contribution in [0, 0.1) is 12.7 Å². The predicted octanol–water partition coefficient (Wildman–Crippen LogP) is 2.57. The van der Waals surface area contributed by atoms with Crippen LogP contribution in [0.4, 0.5) is 15.9 Å². The summed E-state index contributed by atoms with van der Waals surface area (Å²) in [4.78, 5) is 3.69. The molecule has 0 aliphatic rings. The number of aryl methyl sites for hydroxylation is 1. The maximum atomic E-state index is 13.4. The van der Waals surface area contributed by atoms with Crippen molar-refractivity contribution in [1.29, 1.82) is 0 Å². The molecular weight excluding hydrogens is 305 g/mol. The standard InChI is InChI=1S/C12H11ClFN3O2S/c1-7-4-9(6-10(15)12(7)14)20(18,19)17-11-5-8(13)2-3-16-11/h2-6H,15H2,1H3,(H,16,17). The SMILES string of the molecule is Cc1cc(S(=O)(=O)Nc2cc(Cl)ccn2)cc(N)c1F. The minimum absolute atomic E-state index is 0.0676. The molecule has 0 aliphatic carbocycles. The van der Waals surface area contributed by atoms with Gasteiger partial charge in [-0.1, -0.05) is 11.6 Å². The number of benzene rings is 1. The van der Waals surface area contributed by atoms with Crippen molar-refractivity contribution in [3.63, 3.8) is 0 Å². The molecule has 1 aromatic heterocycles. The third-order valence-corrected chi connectivity index (χ3v) is 4.10. The monoisotopic (exact) mass is 315 g/mol. The highest BCUT2D eigenvalue weighted by molar-refractivity contribution is 7.92. The third kappa shape index (κ3) is 3.00. The summed E-state index contributed by atoms with van der Waals surface area (Å²) in [6.07, 6.45) is 1.37. The molecule has 0 radical (unpaired) electrons. The first-order valence-corrected chi connectivity index (χ1v) is 7.36. The molecule has 0 fully saturated rings. The Morgan fingerprint density at radius 3 is 2.65 bits per heavy atom. The van der Waals surface area contributed by atoms with E-state index < -0.39 is 15.8 Å². The molecule has 0 amide bonds. The average molecular weight is 316 g/mol. The van der Waals surface area contributed by atoms with Crippen LogP contribution in [0.3, 0.4) is 0 Å². The molecule has 2 aromatic rings. The van der Waals surface area contributed by atoms with E-state index in [0.29, 0.717) is 5.02 Å². The van der Waals surface area contributed by atoms with Crippen molar-refractivity contribution in [2.45, 2.75) is 11.8 Å². The highest BCUT2D eigenvalue weighted by Gasteiger charge is 2.18. The van der Waals surface area contributed by atoms with Crippen molar-refractivity contribution in [3.05, 3.63) is 46.9 Å². The minimum Gasteiger partial charge on any atom is -0.396 e. The number of pyridine rings is 1. The number of aromatic nitrogens is 1. The van der Waals surface area contributed by atoms with Gasteiger partial charge in [0.15, 0.2) is 0 Å². The van der Waals surface area contributed by atoms with Crippen LogP contribution in [-0.2, 0) is 10.0 Å². The highest BCUT2D eigenvalue weighted by Crippen LogP contribution is 2.23. The molecule has 2 rings (SSSR count). The fourth-order valence-corrected chi connectivity index (χ4v) is 2.85. The van der Waals surface area contributed by atoms with Gasteiger partial charge in [0, 0.05) is 17.3 Å². The van der Waals surface area contributed by atoms with Crippen molar-refractivity contribution in [2.24, 2.45) is 0 Å². The fourth-order valence-electron chi connectivity index (χ4n) is 1.58. The van der Waals surface area contributed by atoms with Crippen LogP contribution in [0.5, 0.6) is 0 Å². The first-order valence-electron chi connectivity index (χ1n) is 5.49. The molecule has 1 aromatic carbocycles. The first-order chi connectivity index (χ1) is 9.29. The van der Waals surface area contributed by atoms with Crippen molar-refractivity contribution in [1.82, 2.24) is 4.98 Å². The second kappa shape index (κ2) is 5.26. The van der Waals surface area contributed by atoms with E-state index >= 15 is 0 Å². The Kier molecular flexibility index (Phi) is 3.82. The predicted molar refractivity (Wildman–Crippen MR) is 75.6 cm³/mol. The van der Waals surface area contributed by atoms with Gasteiger partial charge in [0.2, 0.25) is 0 Å². The smallest absolute Gasteiger partial charge is 0.263 e. The number of nitrogens with one attached hydrogen (secondary N) is 1. The highest BCUT2D eigenvalue weighted by atomic mass is 35.5. The van der Waals surface area contributed by atoms with Crippen LogP contribution < -0.4 is 10.5 Å². The van der Waals surface area contributed by atoms with E-state index in [0.717, 1.165) is 6.07 Å². The van der Waals surface area contributed by atoms with E-state index in [1.807, 2.05) is 0 Å². The van der Waals surface area contributed by atoms with Crippen molar-refractivity contribution in [2.75, 3.05) is 10.5 Å². The fraction of sp³-hybridized carbons (Fsp3) is 0.0833. The van der Waals surface area contributed by atoms with Gasteiger partial charge in [0.05, 0.1) is 10.6 Å². The van der Waals surface area contributed by atoms with Crippen LogP contribution >= 0.6 is 11.6 Å². The van der Waals surface area contributed by atoms with Crippen molar-refractivity contribution in [3.8, 4) is 0 Å². The molecule has 106 valence electrons. The molecule has 0 atom stereocenters. The largest absolute Gasteiger partial charge is 0.396 e. The molecule has 0 saturated heterocycles. The number of halogens is 2. The summed E-state index contributed by atoms with van der Waals surface area (Å²) in [5, 5.41) is 0.340. The molecule has 8 heteroatoms. The molecule has 3 N–H and O–H groups in total. The maximum Gasteiger partial charge on any atom is 0.263 e. The van der Waals surface area contributed by atoms with Gasteiger partial charge in [-0.3, -0.25) is 4.72 Å². The van der Waals surface area contributed by atoms with Crippen LogP contribution in [0.15, 0.2) is 35.4 Å². The second-order valence-corrected chi connectivity index (χ2v) is 6.23. The lowest BCUT2D eigenvalue weighted by molar-refractivity contribution is 0.599. The van der Waals surface area contributed by atoms with Gasteiger partial charge < -0.3 is 5.73 Å². The first kappa shape index (κ1) is 14.5. The van der Waals surface area contributed by atoms with E-state index in [2.05, 4.69) is 9.71 Å². The van der Waals surface area contributed by atoms with Gasteiger partial charge in [0.1, 0.15) is 11.6 Å². The van der Waals surface area contributed by atoms with Crippen LogP contribution in [0.1, 0.15) is 5.56 Å². The summed E-state index contributed by atoms with van der Waals surface area (Å²) in [7, 11) is -3.91. The Hall–Kier alpha value is -1.86. The normalized spacial score (nSPS) is 11.3. The summed E-state index contributed by atoms with van der Waals surface area (Å²) < 4.78 is 40.0. The van der Waals surface area contributed by atoms with Gasteiger partial charge in [-0.15, -0.1) is 0 Å². The third-order valence-electron chi connectivity index (χ3n) is 2.53. The van der Waals surface area contributed by atoms with E-state index in [-0.39, 0.29) is 22.0 Å². The Morgan fingerprint density at radius 2 is 2.05 bits per heavy atom. The Bertz CT molecular complexity index is 742. The summed E-state index contributed by atoms with van der Waals surface area (Å²) >= 11 is 5.75. The molecule has 0 spiro atoms. The van der Waals surface area contributed by atoms with Crippen molar-refractivity contribution < 1.29 is 12.8 Å². The molecule has 0 bridgehead atoms. The molecule has 1 heterocycles. The lowest BCUT2D eigenvalue weighted by Crippen LogP contribution is -2.15. The average Bonchev–Trinajstić information content (AvgIpc) is 2.34. The summed E-state index contributed by atoms with van der Waals surface area (Å²) in [5.74, 6) is -0.567. The van der Waals surface area contributed by atoms with Gasteiger partial charge in [-0.25, -0.2) is 17.8 Å². The van der Waals surface area contributed by atoms with E-state index in [1.165, 1.54) is 31.3 Å². The number of nitrogens with two attached hydrogens (primary N) is 1. The quantitative estimate of drug-likeness (QED) is 0.852. The molecule has 20 heavy (non-hydrogen) atoms. The summed E-state index contributed by atoms with van der Waals surface area (Å²) in [6.45, 7) is 1.43. The minimum atomic E-state index is -3.91. The Morgan fingerprint density at radius 1 is 1.35 bits per heavy atom. The maximum absolute atomic E-state index is 13.4. The molecule has 0 saturated carbocycles. The zero-order chi connectivity index (χ0) is 14.9. The number of hydrogen-bond acceptors (Lipinski definition) is 4. The van der Waals surface area contributed by atoms with Gasteiger partial charge in [-0.05, 0) is 30.7 Å². The van der Waals surface area contributed by atoms with E-state index in [4.69, 9.17) is 17.3 Å². The number of sulfonamides is 1. The van der Waals surface area contributed by atoms with Crippen LogP contribution in [0.2, 0.25) is 5.02 Å². The van der Waals surface area contributed by atoms with Gasteiger partial charge >= 0.3 is 0 Å². The second-order valence-electron chi connectivity index (χ2n) is 4.11.